The Labute approximate surface area is 126 Å². The second-order valence-electron chi connectivity index (χ2n) is 7.58. The van der Waals surface area contributed by atoms with Crippen molar-refractivity contribution in [2.45, 2.75) is 69.5 Å². The minimum absolute atomic E-state index is 0.104. The number of aromatic nitrogens is 1. The van der Waals surface area contributed by atoms with Gasteiger partial charge in [-0.3, -0.25) is 0 Å². The zero-order chi connectivity index (χ0) is 14.5. The maximum atomic E-state index is 5.01. The molecule has 0 spiro atoms. The van der Waals surface area contributed by atoms with E-state index in [1.807, 2.05) is 11.3 Å². The van der Waals surface area contributed by atoms with E-state index in [1.165, 1.54) is 36.4 Å². The topological polar surface area (TPSA) is 28.2 Å². The van der Waals surface area contributed by atoms with Crippen molar-refractivity contribution in [1.29, 1.82) is 0 Å². The summed E-state index contributed by atoms with van der Waals surface area (Å²) >= 11 is 1.85. The summed E-state index contributed by atoms with van der Waals surface area (Å²) in [6.45, 7) is 6.74. The Balaban J connectivity index is 1.92. The highest BCUT2D eigenvalue weighted by molar-refractivity contribution is 7.09. The first-order chi connectivity index (χ1) is 9.36. The van der Waals surface area contributed by atoms with Gasteiger partial charge in [0.25, 0.3) is 0 Å². The molecule has 1 N–H and O–H groups in total. The summed E-state index contributed by atoms with van der Waals surface area (Å²) < 4.78 is 0. The molecule has 4 heteroatoms. The molecule has 2 saturated heterocycles. The van der Waals surface area contributed by atoms with E-state index >= 15 is 0 Å². The molecule has 1 aromatic heterocycles. The van der Waals surface area contributed by atoms with Gasteiger partial charge in [0.2, 0.25) is 0 Å². The van der Waals surface area contributed by atoms with Crippen molar-refractivity contribution in [2.24, 2.45) is 0 Å². The molecular formula is C16H27N3S. The largest absolute Gasteiger partial charge is 0.308 e. The zero-order valence-corrected chi connectivity index (χ0v) is 14.2. The van der Waals surface area contributed by atoms with Crippen molar-refractivity contribution in [1.82, 2.24) is 15.2 Å². The average Bonchev–Trinajstić information content (AvgIpc) is 2.94. The van der Waals surface area contributed by atoms with Crippen LogP contribution < -0.4 is 5.32 Å². The Kier molecular flexibility index (Phi) is 3.47. The van der Waals surface area contributed by atoms with Crippen LogP contribution in [-0.2, 0) is 11.0 Å². The van der Waals surface area contributed by atoms with Crippen molar-refractivity contribution in [3.8, 4) is 0 Å². The van der Waals surface area contributed by atoms with Gasteiger partial charge in [0.05, 0.1) is 11.2 Å². The molecule has 0 saturated carbocycles. The zero-order valence-electron chi connectivity index (χ0n) is 13.4. The number of nitrogens with one attached hydrogen (secondary N) is 1. The van der Waals surface area contributed by atoms with E-state index in [9.17, 15) is 0 Å². The SMILES string of the molecule is CNC1(c2nc(C(C)(C)C)cs2)CC2CCC(C1)N2C. The summed E-state index contributed by atoms with van der Waals surface area (Å²) in [5.74, 6) is 0. The Hall–Kier alpha value is -0.450. The lowest BCUT2D eigenvalue weighted by Gasteiger charge is -2.44. The summed E-state index contributed by atoms with van der Waals surface area (Å²) in [4.78, 5) is 7.60. The number of piperidine rings is 1. The van der Waals surface area contributed by atoms with Crippen LogP contribution in [0.4, 0.5) is 0 Å². The molecule has 0 aromatic carbocycles. The molecule has 0 amide bonds. The lowest BCUT2D eigenvalue weighted by Crippen LogP contribution is -2.53. The van der Waals surface area contributed by atoms with Crippen LogP contribution in [0.1, 0.15) is 57.2 Å². The summed E-state index contributed by atoms with van der Waals surface area (Å²) in [6.07, 6.45) is 5.10. The number of hydrogen-bond acceptors (Lipinski definition) is 4. The smallest absolute Gasteiger partial charge is 0.113 e. The molecule has 2 unspecified atom stereocenters. The number of rotatable bonds is 2. The first-order valence-corrected chi connectivity index (χ1v) is 8.61. The maximum absolute atomic E-state index is 5.01. The van der Waals surface area contributed by atoms with E-state index in [0.29, 0.717) is 0 Å². The molecule has 2 aliphatic heterocycles. The number of nitrogens with zero attached hydrogens (tertiary/aromatic N) is 2. The molecule has 20 heavy (non-hydrogen) atoms. The summed E-state index contributed by atoms with van der Waals surface area (Å²) in [6, 6.07) is 1.45. The van der Waals surface area contributed by atoms with Crippen LogP contribution in [0.2, 0.25) is 0 Å². The van der Waals surface area contributed by atoms with Crippen LogP contribution in [-0.4, -0.2) is 36.1 Å². The third-order valence-electron chi connectivity index (χ3n) is 5.31. The van der Waals surface area contributed by atoms with Crippen LogP contribution >= 0.6 is 11.3 Å². The molecule has 3 nitrogen and oxygen atoms in total. The van der Waals surface area contributed by atoms with Gasteiger partial charge >= 0.3 is 0 Å². The monoisotopic (exact) mass is 293 g/mol. The second kappa shape index (κ2) is 4.79. The van der Waals surface area contributed by atoms with E-state index in [2.05, 4.69) is 50.5 Å². The van der Waals surface area contributed by atoms with Gasteiger partial charge in [-0.15, -0.1) is 11.3 Å². The summed E-state index contributed by atoms with van der Waals surface area (Å²) in [5, 5.41) is 7.20. The number of hydrogen-bond donors (Lipinski definition) is 1. The molecule has 2 bridgehead atoms. The Morgan fingerprint density at radius 1 is 1.30 bits per heavy atom. The molecule has 0 aliphatic carbocycles. The van der Waals surface area contributed by atoms with Gasteiger partial charge in [0, 0.05) is 22.9 Å². The standard InChI is InChI=1S/C16H27N3S/c1-15(2,3)13-10-20-14(18-13)16(17-4)8-11-6-7-12(9-16)19(11)5/h10-12,17H,6-9H2,1-5H3. The molecule has 3 heterocycles. The third kappa shape index (κ3) is 2.22. The fraction of sp³-hybridized carbons (Fsp3) is 0.812. The first kappa shape index (κ1) is 14.5. The Morgan fingerprint density at radius 2 is 1.90 bits per heavy atom. The van der Waals surface area contributed by atoms with Gasteiger partial charge in [0.15, 0.2) is 0 Å². The highest BCUT2D eigenvalue weighted by Gasteiger charge is 2.48. The second-order valence-corrected chi connectivity index (χ2v) is 8.44. The molecular weight excluding hydrogens is 266 g/mol. The first-order valence-electron chi connectivity index (χ1n) is 7.73. The van der Waals surface area contributed by atoms with Crippen LogP contribution in [0.15, 0.2) is 5.38 Å². The van der Waals surface area contributed by atoms with Crippen LogP contribution in [0.25, 0.3) is 0 Å². The lowest BCUT2D eigenvalue weighted by molar-refractivity contribution is 0.0936. The highest BCUT2D eigenvalue weighted by atomic mass is 32.1. The van der Waals surface area contributed by atoms with Crippen molar-refractivity contribution in [2.75, 3.05) is 14.1 Å². The average molecular weight is 293 g/mol. The van der Waals surface area contributed by atoms with Gasteiger partial charge < -0.3 is 10.2 Å². The van der Waals surface area contributed by atoms with Gasteiger partial charge in [-0.25, -0.2) is 4.98 Å². The molecule has 112 valence electrons. The maximum Gasteiger partial charge on any atom is 0.113 e. The quantitative estimate of drug-likeness (QED) is 0.908. The van der Waals surface area contributed by atoms with Gasteiger partial charge in [-0.2, -0.15) is 0 Å². The Morgan fingerprint density at radius 3 is 2.35 bits per heavy atom. The third-order valence-corrected chi connectivity index (χ3v) is 6.36. The van der Waals surface area contributed by atoms with Crippen LogP contribution in [0.3, 0.4) is 0 Å². The molecule has 2 fully saturated rings. The normalized spacial score (nSPS) is 34.6. The van der Waals surface area contributed by atoms with Crippen molar-refractivity contribution in [3.05, 3.63) is 16.1 Å². The van der Waals surface area contributed by atoms with Gasteiger partial charge in [-0.05, 0) is 39.8 Å². The Bertz CT molecular complexity index is 474. The highest BCUT2D eigenvalue weighted by Crippen LogP contribution is 2.46. The predicted octanol–water partition coefficient (Wildman–Crippen LogP) is 3.11. The fourth-order valence-corrected chi connectivity index (χ4v) is 5.07. The lowest BCUT2D eigenvalue weighted by atomic mass is 9.83. The molecule has 2 aliphatic rings. The molecule has 2 atom stereocenters. The van der Waals surface area contributed by atoms with Gasteiger partial charge in [-0.1, -0.05) is 20.8 Å². The molecule has 0 radical (unpaired) electrons. The molecule has 1 aromatic rings. The summed E-state index contributed by atoms with van der Waals surface area (Å²) in [5.41, 5.74) is 1.49. The van der Waals surface area contributed by atoms with Crippen molar-refractivity contribution in [3.63, 3.8) is 0 Å². The van der Waals surface area contributed by atoms with Gasteiger partial charge in [0.1, 0.15) is 5.01 Å². The van der Waals surface area contributed by atoms with Crippen LogP contribution in [0.5, 0.6) is 0 Å². The molecule has 3 rings (SSSR count). The number of thiazole rings is 1. The predicted molar refractivity (Wildman–Crippen MR) is 85.4 cm³/mol. The van der Waals surface area contributed by atoms with E-state index in [4.69, 9.17) is 4.98 Å². The van der Waals surface area contributed by atoms with E-state index < -0.39 is 0 Å². The number of fused-ring (bicyclic) bond motifs is 2. The summed E-state index contributed by atoms with van der Waals surface area (Å²) in [7, 11) is 4.41. The van der Waals surface area contributed by atoms with E-state index in [0.717, 1.165) is 12.1 Å². The van der Waals surface area contributed by atoms with E-state index in [-0.39, 0.29) is 11.0 Å². The van der Waals surface area contributed by atoms with Crippen molar-refractivity contribution >= 4 is 11.3 Å². The van der Waals surface area contributed by atoms with E-state index in [1.54, 1.807) is 0 Å². The van der Waals surface area contributed by atoms with Crippen molar-refractivity contribution < 1.29 is 0 Å². The fourth-order valence-electron chi connectivity index (χ4n) is 3.79. The minimum Gasteiger partial charge on any atom is -0.308 e. The minimum atomic E-state index is 0.104. The van der Waals surface area contributed by atoms with Crippen LogP contribution in [0, 0.1) is 0 Å².